The summed E-state index contributed by atoms with van der Waals surface area (Å²) >= 11 is 0. The van der Waals surface area contributed by atoms with Gasteiger partial charge in [-0.15, -0.1) is 0 Å². The quantitative estimate of drug-likeness (QED) is 0.599. The molecule has 0 amide bonds. The third-order valence-corrected chi connectivity index (χ3v) is 2.99. The van der Waals surface area contributed by atoms with Crippen LogP contribution in [0.3, 0.4) is 0 Å². The maximum atomic E-state index is 11.8. The molecule has 1 aromatic heterocycles. The highest BCUT2D eigenvalue weighted by atomic mass is 16.5. The van der Waals surface area contributed by atoms with E-state index in [4.69, 9.17) is 9.47 Å². The number of benzene rings is 1. The van der Waals surface area contributed by atoms with Crippen molar-refractivity contribution in [1.29, 1.82) is 0 Å². The van der Waals surface area contributed by atoms with Gasteiger partial charge in [0.2, 0.25) is 0 Å². The molecule has 1 aromatic carbocycles. The summed E-state index contributed by atoms with van der Waals surface area (Å²) in [7, 11) is 1.79. The fourth-order valence-corrected chi connectivity index (χ4v) is 1.71. The predicted octanol–water partition coefficient (Wildman–Crippen LogP) is 2.35. The van der Waals surface area contributed by atoms with Crippen LogP contribution in [0.25, 0.3) is 0 Å². The first-order chi connectivity index (χ1) is 9.68. The summed E-state index contributed by atoms with van der Waals surface area (Å²) in [5.74, 6) is 0.484. The Balaban J connectivity index is 1.69. The Morgan fingerprint density at radius 2 is 2.00 bits per heavy atom. The second-order valence-corrected chi connectivity index (χ2v) is 4.42. The summed E-state index contributed by atoms with van der Waals surface area (Å²) in [4.78, 5) is 11.8. The molecule has 0 aliphatic rings. The number of nitrogens with zero attached hydrogens (tertiary/aromatic N) is 2. The summed E-state index contributed by atoms with van der Waals surface area (Å²) < 4.78 is 12.3. The average Bonchev–Trinajstić information content (AvgIpc) is 2.80. The van der Waals surface area contributed by atoms with Crippen LogP contribution < -0.4 is 4.74 Å². The number of hydrogen-bond acceptors (Lipinski definition) is 4. The fraction of sp³-hybridized carbons (Fsp3) is 0.333. The molecule has 5 heteroatoms. The fourth-order valence-electron chi connectivity index (χ4n) is 1.71. The predicted molar refractivity (Wildman–Crippen MR) is 74.8 cm³/mol. The zero-order chi connectivity index (χ0) is 14.4. The van der Waals surface area contributed by atoms with Crippen molar-refractivity contribution in [2.75, 3.05) is 13.2 Å². The molecule has 0 saturated carbocycles. The Morgan fingerprint density at radius 1 is 1.25 bits per heavy atom. The van der Waals surface area contributed by atoms with Gasteiger partial charge in [0.05, 0.1) is 19.4 Å². The maximum absolute atomic E-state index is 11.8. The highest BCUT2D eigenvalue weighted by Crippen LogP contribution is 2.09. The number of ether oxygens (including phenoxy) is 2. The van der Waals surface area contributed by atoms with Crippen LogP contribution in [0.5, 0.6) is 5.75 Å². The Bertz CT molecular complexity index is 564. The van der Waals surface area contributed by atoms with E-state index in [1.54, 1.807) is 11.7 Å². The molecule has 0 aliphatic carbocycles. The van der Waals surface area contributed by atoms with Crippen molar-refractivity contribution in [3.05, 3.63) is 47.8 Å². The monoisotopic (exact) mass is 274 g/mol. The molecule has 0 fully saturated rings. The summed E-state index contributed by atoms with van der Waals surface area (Å²) in [6.07, 6.45) is 2.18. The van der Waals surface area contributed by atoms with E-state index in [0.29, 0.717) is 25.2 Å². The van der Waals surface area contributed by atoms with Crippen LogP contribution in [0.2, 0.25) is 0 Å². The molecule has 0 aliphatic heterocycles. The summed E-state index contributed by atoms with van der Waals surface area (Å²) in [5.41, 5.74) is 1.31. The van der Waals surface area contributed by atoms with Crippen molar-refractivity contribution < 1.29 is 14.3 Å². The highest BCUT2D eigenvalue weighted by Gasteiger charge is 2.13. The van der Waals surface area contributed by atoms with E-state index in [2.05, 4.69) is 5.10 Å². The molecule has 0 N–H and O–H groups in total. The molecule has 0 spiro atoms. The van der Waals surface area contributed by atoms with E-state index < -0.39 is 0 Å². The van der Waals surface area contributed by atoms with Crippen LogP contribution in [0, 0.1) is 6.92 Å². The lowest BCUT2D eigenvalue weighted by Crippen LogP contribution is -2.10. The molecule has 20 heavy (non-hydrogen) atoms. The van der Waals surface area contributed by atoms with Gasteiger partial charge in [-0.05, 0) is 19.1 Å². The largest absolute Gasteiger partial charge is 0.493 e. The minimum absolute atomic E-state index is 0.333. The van der Waals surface area contributed by atoms with Crippen LogP contribution >= 0.6 is 0 Å². The van der Waals surface area contributed by atoms with Gasteiger partial charge < -0.3 is 9.47 Å². The number of rotatable bonds is 6. The first kappa shape index (κ1) is 14.1. The first-order valence-corrected chi connectivity index (χ1v) is 6.52. The smallest absolute Gasteiger partial charge is 0.341 e. The number of esters is 1. The van der Waals surface area contributed by atoms with E-state index in [9.17, 15) is 4.79 Å². The second kappa shape index (κ2) is 6.75. The summed E-state index contributed by atoms with van der Waals surface area (Å²) in [5, 5.41) is 4.01. The zero-order valence-corrected chi connectivity index (χ0v) is 11.7. The van der Waals surface area contributed by atoms with Crippen molar-refractivity contribution in [3.8, 4) is 5.75 Å². The number of carbonyl (C=O) groups is 1. The number of aromatic nitrogens is 2. The van der Waals surface area contributed by atoms with Crippen LogP contribution in [0.15, 0.2) is 36.5 Å². The average molecular weight is 274 g/mol. The van der Waals surface area contributed by atoms with Crippen LogP contribution in [0.1, 0.15) is 22.5 Å². The van der Waals surface area contributed by atoms with Gasteiger partial charge in [0.15, 0.2) is 0 Å². The van der Waals surface area contributed by atoms with Gasteiger partial charge in [-0.2, -0.15) is 5.10 Å². The molecule has 106 valence electrons. The van der Waals surface area contributed by atoms with Crippen molar-refractivity contribution >= 4 is 5.97 Å². The molecule has 0 bridgehead atoms. The Hall–Kier alpha value is -2.30. The Labute approximate surface area is 118 Å². The van der Waals surface area contributed by atoms with Crippen molar-refractivity contribution in [2.45, 2.75) is 13.3 Å². The number of aryl methyl sites for hydroxylation is 1. The molecule has 5 nitrogen and oxygen atoms in total. The Morgan fingerprint density at radius 3 is 2.65 bits per heavy atom. The highest BCUT2D eigenvalue weighted by molar-refractivity contribution is 5.90. The van der Waals surface area contributed by atoms with Gasteiger partial charge in [0.1, 0.15) is 11.3 Å². The topological polar surface area (TPSA) is 53.4 Å². The molecule has 0 atom stereocenters. The van der Waals surface area contributed by atoms with Crippen molar-refractivity contribution in [1.82, 2.24) is 9.78 Å². The van der Waals surface area contributed by atoms with E-state index in [1.807, 2.05) is 37.3 Å². The third-order valence-electron chi connectivity index (χ3n) is 2.99. The second-order valence-electron chi connectivity index (χ2n) is 4.42. The van der Waals surface area contributed by atoms with Crippen LogP contribution in [0.4, 0.5) is 0 Å². The first-order valence-electron chi connectivity index (χ1n) is 6.52. The molecular weight excluding hydrogens is 256 g/mol. The number of para-hydroxylation sites is 1. The lowest BCUT2D eigenvalue weighted by molar-refractivity contribution is 0.0485. The van der Waals surface area contributed by atoms with Gasteiger partial charge in [-0.1, -0.05) is 18.2 Å². The summed E-state index contributed by atoms with van der Waals surface area (Å²) in [6, 6.07) is 9.56. The molecule has 0 radical (unpaired) electrons. The minimum atomic E-state index is -0.338. The Kier molecular flexibility index (Phi) is 4.76. The van der Waals surface area contributed by atoms with Crippen LogP contribution in [-0.2, 0) is 11.8 Å². The van der Waals surface area contributed by atoms with Crippen LogP contribution in [-0.4, -0.2) is 29.0 Å². The molecular formula is C15H18N2O3. The number of hydrogen-bond donors (Lipinski definition) is 0. The van der Waals surface area contributed by atoms with E-state index in [-0.39, 0.29) is 5.97 Å². The molecule has 0 saturated heterocycles. The molecule has 0 unspecified atom stereocenters. The van der Waals surface area contributed by atoms with Gasteiger partial charge in [0.25, 0.3) is 0 Å². The maximum Gasteiger partial charge on any atom is 0.341 e. The SMILES string of the molecule is Cc1c(C(=O)OCCCOc2ccccc2)cnn1C. The van der Waals surface area contributed by atoms with Gasteiger partial charge in [-0.25, -0.2) is 4.79 Å². The normalized spacial score (nSPS) is 10.3. The summed E-state index contributed by atoms with van der Waals surface area (Å²) in [6.45, 7) is 2.69. The standard InChI is InChI=1S/C15H18N2O3/c1-12-14(11-16-17(12)2)15(18)20-10-6-9-19-13-7-4-3-5-8-13/h3-5,7-8,11H,6,9-10H2,1-2H3. The van der Waals surface area contributed by atoms with Gasteiger partial charge >= 0.3 is 5.97 Å². The lowest BCUT2D eigenvalue weighted by atomic mass is 10.3. The minimum Gasteiger partial charge on any atom is -0.493 e. The zero-order valence-electron chi connectivity index (χ0n) is 11.7. The number of carbonyl (C=O) groups excluding carboxylic acids is 1. The molecule has 1 heterocycles. The van der Waals surface area contributed by atoms with E-state index in [0.717, 1.165) is 11.4 Å². The molecule has 2 aromatic rings. The third kappa shape index (κ3) is 3.60. The lowest BCUT2D eigenvalue weighted by Gasteiger charge is -2.06. The van der Waals surface area contributed by atoms with Crippen molar-refractivity contribution in [3.63, 3.8) is 0 Å². The van der Waals surface area contributed by atoms with E-state index >= 15 is 0 Å². The molecule has 2 rings (SSSR count). The van der Waals surface area contributed by atoms with Crippen molar-refractivity contribution in [2.24, 2.45) is 7.05 Å². The van der Waals surface area contributed by atoms with Gasteiger partial charge in [-0.3, -0.25) is 4.68 Å². The van der Waals surface area contributed by atoms with Gasteiger partial charge in [0, 0.05) is 19.2 Å². The van der Waals surface area contributed by atoms with E-state index in [1.165, 1.54) is 6.20 Å².